The SMILES string of the molecule is CCOC(=O)/C(Cc1ccc2ccccc2c1)=N\O. The molecular formula is C15H15NO3. The summed E-state index contributed by atoms with van der Waals surface area (Å²) in [6.45, 7) is 1.97. The molecule has 4 nitrogen and oxygen atoms in total. The van der Waals surface area contributed by atoms with Gasteiger partial charge in [0.05, 0.1) is 6.61 Å². The third-order valence-electron chi connectivity index (χ3n) is 2.82. The Hall–Kier alpha value is -2.36. The third-order valence-corrected chi connectivity index (χ3v) is 2.82. The molecule has 0 heterocycles. The minimum atomic E-state index is -0.585. The fourth-order valence-electron chi connectivity index (χ4n) is 1.90. The van der Waals surface area contributed by atoms with E-state index in [4.69, 9.17) is 9.94 Å². The Labute approximate surface area is 111 Å². The lowest BCUT2D eigenvalue weighted by molar-refractivity contribution is -0.135. The quantitative estimate of drug-likeness (QED) is 0.396. The zero-order valence-electron chi connectivity index (χ0n) is 10.7. The number of hydrogen-bond acceptors (Lipinski definition) is 4. The molecule has 0 saturated heterocycles. The van der Waals surface area contributed by atoms with E-state index in [0.717, 1.165) is 16.3 Å². The van der Waals surface area contributed by atoms with Gasteiger partial charge in [-0.25, -0.2) is 4.79 Å². The number of fused-ring (bicyclic) bond motifs is 1. The molecule has 0 aliphatic rings. The van der Waals surface area contributed by atoms with Gasteiger partial charge in [-0.15, -0.1) is 0 Å². The number of rotatable bonds is 4. The molecule has 1 N–H and O–H groups in total. The molecule has 0 spiro atoms. The Balaban J connectivity index is 2.22. The van der Waals surface area contributed by atoms with Crippen molar-refractivity contribution in [1.82, 2.24) is 0 Å². The van der Waals surface area contributed by atoms with E-state index in [0.29, 0.717) is 0 Å². The molecule has 2 rings (SSSR count). The van der Waals surface area contributed by atoms with Crippen LogP contribution in [0.25, 0.3) is 10.8 Å². The summed E-state index contributed by atoms with van der Waals surface area (Å²) in [6, 6.07) is 13.8. The normalized spacial score (nSPS) is 11.5. The molecule has 0 aromatic heterocycles. The summed E-state index contributed by atoms with van der Waals surface area (Å²) < 4.78 is 4.82. The lowest BCUT2D eigenvalue weighted by Crippen LogP contribution is -2.20. The van der Waals surface area contributed by atoms with E-state index in [1.54, 1.807) is 6.92 Å². The van der Waals surface area contributed by atoms with Gasteiger partial charge in [0.15, 0.2) is 5.71 Å². The number of oxime groups is 1. The highest BCUT2D eigenvalue weighted by Gasteiger charge is 2.14. The molecule has 0 fully saturated rings. The molecule has 0 saturated carbocycles. The first-order valence-electron chi connectivity index (χ1n) is 6.10. The fraction of sp³-hybridized carbons (Fsp3) is 0.200. The second-order valence-corrected chi connectivity index (χ2v) is 4.13. The molecule has 0 bridgehead atoms. The van der Waals surface area contributed by atoms with Gasteiger partial charge in [0.2, 0.25) is 0 Å². The second kappa shape index (κ2) is 6.00. The average Bonchev–Trinajstić information content (AvgIpc) is 2.44. The molecule has 4 heteroatoms. The maximum Gasteiger partial charge on any atom is 0.356 e. The molecule has 2 aromatic rings. The summed E-state index contributed by atoms with van der Waals surface area (Å²) >= 11 is 0. The van der Waals surface area contributed by atoms with Crippen LogP contribution in [-0.2, 0) is 16.0 Å². The molecule has 98 valence electrons. The maximum absolute atomic E-state index is 11.5. The van der Waals surface area contributed by atoms with E-state index in [9.17, 15) is 4.79 Å². The highest BCUT2D eigenvalue weighted by molar-refractivity contribution is 6.36. The van der Waals surface area contributed by atoms with Crippen molar-refractivity contribution in [3.8, 4) is 0 Å². The lowest BCUT2D eigenvalue weighted by Gasteiger charge is -2.05. The number of ether oxygens (including phenoxy) is 1. The highest BCUT2D eigenvalue weighted by Crippen LogP contribution is 2.16. The molecule has 0 atom stereocenters. The Morgan fingerprint density at radius 2 is 1.95 bits per heavy atom. The number of benzene rings is 2. The van der Waals surface area contributed by atoms with Crippen molar-refractivity contribution < 1.29 is 14.7 Å². The monoisotopic (exact) mass is 257 g/mol. The molecule has 19 heavy (non-hydrogen) atoms. The molecule has 0 amide bonds. The minimum absolute atomic E-state index is 0.0112. The number of carbonyl (C=O) groups excluding carboxylic acids is 1. The predicted octanol–water partition coefficient (Wildman–Crippen LogP) is 2.78. The van der Waals surface area contributed by atoms with Crippen molar-refractivity contribution in [2.24, 2.45) is 5.16 Å². The Kier molecular flexibility index (Phi) is 4.13. The first kappa shape index (κ1) is 13.1. The van der Waals surface area contributed by atoms with Gasteiger partial charge in [0.25, 0.3) is 0 Å². The van der Waals surface area contributed by atoms with E-state index in [2.05, 4.69) is 5.16 Å². The Bertz CT molecular complexity index is 620. The standard InChI is InChI=1S/C15H15NO3/c1-2-19-15(17)14(16-18)10-11-7-8-12-5-3-4-6-13(12)9-11/h3-9,18H,2,10H2,1H3/b16-14-. The molecule has 2 aromatic carbocycles. The minimum Gasteiger partial charge on any atom is -0.461 e. The van der Waals surface area contributed by atoms with E-state index in [1.165, 1.54) is 0 Å². The smallest absolute Gasteiger partial charge is 0.356 e. The van der Waals surface area contributed by atoms with Gasteiger partial charge in [0, 0.05) is 6.42 Å². The van der Waals surface area contributed by atoms with Gasteiger partial charge in [0.1, 0.15) is 0 Å². The molecule has 0 aliphatic heterocycles. The first-order valence-corrected chi connectivity index (χ1v) is 6.10. The van der Waals surface area contributed by atoms with Crippen LogP contribution in [0.5, 0.6) is 0 Å². The second-order valence-electron chi connectivity index (χ2n) is 4.13. The zero-order chi connectivity index (χ0) is 13.7. The lowest BCUT2D eigenvalue weighted by atomic mass is 10.0. The van der Waals surface area contributed by atoms with Crippen LogP contribution in [0.4, 0.5) is 0 Å². The summed E-state index contributed by atoms with van der Waals surface area (Å²) in [6.07, 6.45) is 0.250. The van der Waals surface area contributed by atoms with Gasteiger partial charge in [-0.2, -0.15) is 0 Å². The van der Waals surface area contributed by atoms with E-state index in [-0.39, 0.29) is 18.7 Å². The van der Waals surface area contributed by atoms with Crippen LogP contribution < -0.4 is 0 Å². The van der Waals surface area contributed by atoms with Crippen molar-refractivity contribution in [3.63, 3.8) is 0 Å². The van der Waals surface area contributed by atoms with Crippen LogP contribution in [0.2, 0.25) is 0 Å². The van der Waals surface area contributed by atoms with Crippen molar-refractivity contribution in [2.75, 3.05) is 6.61 Å². The number of carbonyl (C=O) groups is 1. The van der Waals surface area contributed by atoms with Gasteiger partial charge in [-0.1, -0.05) is 47.6 Å². The van der Waals surface area contributed by atoms with Gasteiger partial charge < -0.3 is 9.94 Å². The van der Waals surface area contributed by atoms with E-state index < -0.39 is 5.97 Å². The van der Waals surface area contributed by atoms with Gasteiger partial charge in [-0.05, 0) is 23.3 Å². The predicted molar refractivity (Wildman–Crippen MR) is 73.5 cm³/mol. The van der Waals surface area contributed by atoms with Crippen molar-refractivity contribution in [3.05, 3.63) is 48.0 Å². The topological polar surface area (TPSA) is 58.9 Å². The zero-order valence-corrected chi connectivity index (χ0v) is 10.7. The van der Waals surface area contributed by atoms with Crippen LogP contribution in [0.1, 0.15) is 12.5 Å². The number of nitrogens with zero attached hydrogens (tertiary/aromatic N) is 1. The van der Waals surface area contributed by atoms with Crippen LogP contribution in [-0.4, -0.2) is 23.5 Å². The van der Waals surface area contributed by atoms with Crippen LogP contribution in [0.3, 0.4) is 0 Å². The maximum atomic E-state index is 11.5. The van der Waals surface area contributed by atoms with Crippen molar-refractivity contribution >= 4 is 22.5 Å². The van der Waals surface area contributed by atoms with E-state index in [1.807, 2.05) is 42.5 Å². The third kappa shape index (κ3) is 3.10. The summed E-state index contributed by atoms with van der Waals surface area (Å²) in [5.41, 5.74) is 0.914. The van der Waals surface area contributed by atoms with Crippen LogP contribution in [0.15, 0.2) is 47.6 Å². The van der Waals surface area contributed by atoms with E-state index >= 15 is 0 Å². The summed E-state index contributed by atoms with van der Waals surface area (Å²) in [7, 11) is 0. The largest absolute Gasteiger partial charge is 0.461 e. The Morgan fingerprint density at radius 1 is 1.21 bits per heavy atom. The highest BCUT2D eigenvalue weighted by atomic mass is 16.5. The summed E-state index contributed by atoms with van der Waals surface area (Å²) in [5.74, 6) is -0.585. The molecule has 0 radical (unpaired) electrons. The van der Waals surface area contributed by atoms with Crippen molar-refractivity contribution in [1.29, 1.82) is 0 Å². The average molecular weight is 257 g/mol. The van der Waals surface area contributed by atoms with Gasteiger partial charge >= 0.3 is 5.97 Å². The summed E-state index contributed by atoms with van der Waals surface area (Å²) in [4.78, 5) is 11.5. The number of esters is 1. The summed E-state index contributed by atoms with van der Waals surface area (Å²) in [5, 5.41) is 14.1. The first-order chi connectivity index (χ1) is 9.24. The molecule has 0 aliphatic carbocycles. The number of hydrogen-bond donors (Lipinski definition) is 1. The molecular weight excluding hydrogens is 242 g/mol. The molecule has 0 unspecified atom stereocenters. The van der Waals surface area contributed by atoms with Crippen LogP contribution >= 0.6 is 0 Å². The fourth-order valence-corrected chi connectivity index (χ4v) is 1.90. The van der Waals surface area contributed by atoms with Crippen molar-refractivity contribution in [2.45, 2.75) is 13.3 Å². The van der Waals surface area contributed by atoms with Gasteiger partial charge in [-0.3, -0.25) is 0 Å². The van der Waals surface area contributed by atoms with Crippen LogP contribution in [0, 0.1) is 0 Å². The Morgan fingerprint density at radius 3 is 2.63 bits per heavy atom.